The number of pyridine rings is 1. The number of hydrogen-bond acceptors (Lipinski definition) is 4. The molecule has 2 heterocycles. The summed E-state index contributed by atoms with van der Waals surface area (Å²) in [4.78, 5) is 16.8. The van der Waals surface area contributed by atoms with Crippen molar-refractivity contribution >= 4 is 40.6 Å². The molecule has 1 N–H and O–H groups in total. The highest BCUT2D eigenvalue weighted by Crippen LogP contribution is 2.26. The number of benzene rings is 1. The highest BCUT2D eigenvalue weighted by atomic mass is 35.5. The number of carbonyl (C=O) groups excluding carboxylic acids is 1. The van der Waals surface area contributed by atoms with Crippen LogP contribution in [-0.4, -0.2) is 20.5 Å². The lowest BCUT2D eigenvalue weighted by Crippen LogP contribution is -2.06. The smallest absolute Gasteiger partial charge is 0.170 e. The van der Waals surface area contributed by atoms with Crippen molar-refractivity contribution < 1.29 is 4.79 Å². The molecule has 2 aromatic heterocycles. The van der Waals surface area contributed by atoms with Crippen LogP contribution in [0.4, 0.5) is 11.6 Å². The van der Waals surface area contributed by atoms with Crippen LogP contribution >= 0.6 is 23.2 Å². The fourth-order valence-corrected chi connectivity index (χ4v) is 3.16. The number of ketones is 1. The number of Topliss-reactive ketones (excluding diaryl/α,β-unsaturated/α-hetero) is 1. The van der Waals surface area contributed by atoms with Gasteiger partial charge in [0.1, 0.15) is 11.6 Å². The Bertz CT molecular complexity index is 916. The van der Waals surface area contributed by atoms with E-state index in [1.54, 1.807) is 35.1 Å². The molecule has 3 aromatic rings. The molecule has 0 saturated carbocycles. The van der Waals surface area contributed by atoms with Crippen molar-refractivity contribution in [3.8, 4) is 0 Å². The summed E-state index contributed by atoms with van der Waals surface area (Å²) in [6.07, 6.45) is 1.84. The summed E-state index contributed by atoms with van der Waals surface area (Å²) in [7, 11) is 1.85. The highest BCUT2D eigenvalue weighted by Gasteiger charge is 2.15. The Morgan fingerprint density at radius 1 is 1.20 bits per heavy atom. The van der Waals surface area contributed by atoms with Gasteiger partial charge >= 0.3 is 0 Å². The summed E-state index contributed by atoms with van der Waals surface area (Å²) in [6, 6.07) is 10.6. The minimum absolute atomic E-state index is 0.135. The predicted octanol–water partition coefficient (Wildman–Crippen LogP) is 4.60. The first kappa shape index (κ1) is 17.5. The van der Waals surface area contributed by atoms with Crippen molar-refractivity contribution in [1.29, 1.82) is 0 Å². The van der Waals surface area contributed by atoms with Crippen molar-refractivity contribution in [3.05, 3.63) is 69.5 Å². The number of carbonyl (C=O) groups is 1. The number of nitrogens with one attached hydrogen (secondary N) is 1. The molecule has 5 nitrogen and oxygen atoms in total. The van der Waals surface area contributed by atoms with Gasteiger partial charge in [-0.05, 0) is 36.8 Å². The maximum Gasteiger partial charge on any atom is 0.170 e. The highest BCUT2D eigenvalue weighted by molar-refractivity contribution is 6.39. The number of aromatic nitrogens is 3. The number of anilines is 2. The van der Waals surface area contributed by atoms with E-state index in [9.17, 15) is 4.79 Å². The van der Waals surface area contributed by atoms with Gasteiger partial charge in [0.25, 0.3) is 0 Å². The van der Waals surface area contributed by atoms with Crippen molar-refractivity contribution in [3.63, 3.8) is 0 Å². The molecule has 0 aliphatic carbocycles. The summed E-state index contributed by atoms with van der Waals surface area (Å²) < 4.78 is 1.73. The predicted molar refractivity (Wildman–Crippen MR) is 100.0 cm³/mol. The van der Waals surface area contributed by atoms with E-state index in [-0.39, 0.29) is 12.2 Å². The molecule has 0 radical (unpaired) electrons. The number of nitrogens with zero attached hydrogens (tertiary/aromatic N) is 3. The molecule has 0 saturated heterocycles. The summed E-state index contributed by atoms with van der Waals surface area (Å²) in [6.45, 7) is 1.92. The van der Waals surface area contributed by atoms with E-state index in [1.807, 2.05) is 26.1 Å². The molecule has 0 aliphatic rings. The lowest BCUT2D eigenvalue weighted by Gasteiger charge is -2.09. The van der Waals surface area contributed by atoms with Crippen LogP contribution in [0.3, 0.4) is 0 Å². The van der Waals surface area contributed by atoms with Crippen LogP contribution in [0.5, 0.6) is 0 Å². The second-order valence-electron chi connectivity index (χ2n) is 5.67. The van der Waals surface area contributed by atoms with Gasteiger partial charge in [-0.15, -0.1) is 0 Å². The van der Waals surface area contributed by atoms with Crippen LogP contribution < -0.4 is 5.32 Å². The van der Waals surface area contributed by atoms with Crippen molar-refractivity contribution in [2.75, 3.05) is 5.32 Å². The van der Waals surface area contributed by atoms with Gasteiger partial charge in [-0.3, -0.25) is 9.48 Å². The minimum Gasteiger partial charge on any atom is -0.325 e. The van der Waals surface area contributed by atoms with E-state index < -0.39 is 0 Å². The van der Waals surface area contributed by atoms with Crippen LogP contribution in [0, 0.1) is 6.92 Å². The molecule has 0 amide bonds. The third-order valence-electron chi connectivity index (χ3n) is 3.69. The quantitative estimate of drug-likeness (QED) is 0.662. The van der Waals surface area contributed by atoms with Crippen LogP contribution in [0.15, 0.2) is 42.6 Å². The molecular formula is C18H16Cl2N4O. The fourth-order valence-electron chi connectivity index (χ4n) is 2.55. The van der Waals surface area contributed by atoms with Crippen molar-refractivity contribution in [2.45, 2.75) is 13.3 Å². The molecule has 0 fully saturated rings. The third kappa shape index (κ3) is 4.00. The lowest BCUT2D eigenvalue weighted by atomic mass is 10.0. The van der Waals surface area contributed by atoms with Crippen LogP contribution in [0.2, 0.25) is 10.0 Å². The zero-order valence-electron chi connectivity index (χ0n) is 13.8. The maximum atomic E-state index is 12.6. The van der Waals surface area contributed by atoms with Crippen LogP contribution in [-0.2, 0) is 13.5 Å². The Morgan fingerprint density at radius 2 is 1.92 bits per heavy atom. The molecule has 7 heteroatoms. The van der Waals surface area contributed by atoms with E-state index in [0.29, 0.717) is 21.4 Å². The number of hydrogen-bond donors (Lipinski definition) is 1. The van der Waals surface area contributed by atoms with E-state index in [4.69, 9.17) is 23.2 Å². The molecule has 0 bridgehead atoms. The van der Waals surface area contributed by atoms with E-state index in [0.717, 1.165) is 17.1 Å². The molecule has 0 aliphatic heterocycles. The van der Waals surface area contributed by atoms with Gasteiger partial charge in [-0.2, -0.15) is 5.10 Å². The topological polar surface area (TPSA) is 59.8 Å². The zero-order chi connectivity index (χ0) is 18.0. The average Bonchev–Trinajstić information content (AvgIpc) is 2.85. The summed E-state index contributed by atoms with van der Waals surface area (Å²) in [5.41, 5.74) is 2.07. The second kappa shape index (κ2) is 7.25. The van der Waals surface area contributed by atoms with Crippen LogP contribution in [0.25, 0.3) is 0 Å². The van der Waals surface area contributed by atoms with Crippen molar-refractivity contribution in [1.82, 2.24) is 14.8 Å². The van der Waals surface area contributed by atoms with Crippen LogP contribution in [0.1, 0.15) is 21.6 Å². The average molecular weight is 375 g/mol. The fraction of sp³-hybridized carbons (Fsp3) is 0.167. The number of halogens is 2. The minimum atomic E-state index is -0.135. The van der Waals surface area contributed by atoms with Gasteiger partial charge in [-0.1, -0.05) is 29.3 Å². The van der Waals surface area contributed by atoms with Gasteiger partial charge in [0.05, 0.1) is 21.3 Å². The molecule has 0 unspecified atom stereocenters. The Hall–Kier alpha value is -2.37. The Kier molecular flexibility index (Phi) is 5.06. The van der Waals surface area contributed by atoms with Crippen molar-refractivity contribution in [2.24, 2.45) is 7.05 Å². The molecule has 1 aromatic carbocycles. The Balaban J connectivity index is 1.80. The van der Waals surface area contributed by atoms with E-state index in [2.05, 4.69) is 15.4 Å². The summed E-state index contributed by atoms with van der Waals surface area (Å²) in [5.74, 6) is 1.32. The molecular weight excluding hydrogens is 359 g/mol. The van der Waals surface area contributed by atoms with Gasteiger partial charge in [0.15, 0.2) is 5.78 Å². The lowest BCUT2D eigenvalue weighted by molar-refractivity contribution is 0.0993. The summed E-state index contributed by atoms with van der Waals surface area (Å²) >= 11 is 12.2. The first-order valence-corrected chi connectivity index (χ1v) is 8.39. The second-order valence-corrected chi connectivity index (χ2v) is 6.48. The SMILES string of the molecule is Cc1cc(Nc2cc(CC(=O)c3c(Cl)cccc3Cl)ccn2)n(C)n1. The largest absolute Gasteiger partial charge is 0.325 e. The monoisotopic (exact) mass is 374 g/mol. The molecule has 128 valence electrons. The molecule has 0 spiro atoms. The number of rotatable bonds is 5. The van der Waals surface area contributed by atoms with E-state index >= 15 is 0 Å². The first-order valence-electron chi connectivity index (χ1n) is 7.64. The first-order chi connectivity index (χ1) is 11.9. The molecule has 0 atom stereocenters. The maximum absolute atomic E-state index is 12.6. The van der Waals surface area contributed by atoms with Gasteiger partial charge in [-0.25, -0.2) is 4.98 Å². The molecule has 25 heavy (non-hydrogen) atoms. The Labute approximate surface area is 155 Å². The normalized spacial score (nSPS) is 10.7. The third-order valence-corrected chi connectivity index (χ3v) is 4.32. The number of aryl methyl sites for hydroxylation is 2. The summed E-state index contributed by atoms with van der Waals surface area (Å²) in [5, 5.41) is 8.19. The van der Waals surface area contributed by atoms with Gasteiger partial charge < -0.3 is 5.32 Å². The van der Waals surface area contributed by atoms with Gasteiger partial charge in [0, 0.05) is 25.7 Å². The van der Waals surface area contributed by atoms with Gasteiger partial charge in [0.2, 0.25) is 0 Å². The standard InChI is InChI=1S/C18H16Cl2N4O/c1-11-8-17(24(2)23-11)22-16-10-12(6-7-21-16)9-15(25)18-13(19)4-3-5-14(18)20/h3-8,10H,9H2,1-2H3,(H,21,22). The Morgan fingerprint density at radius 3 is 2.56 bits per heavy atom. The van der Waals surface area contributed by atoms with E-state index in [1.165, 1.54) is 0 Å². The molecule has 3 rings (SSSR count). The zero-order valence-corrected chi connectivity index (χ0v) is 15.3.